The lowest BCUT2D eigenvalue weighted by molar-refractivity contribution is -0.135. The van der Waals surface area contributed by atoms with E-state index in [1.165, 1.54) is 5.56 Å². The second-order valence-electron chi connectivity index (χ2n) is 6.06. The molecule has 1 fully saturated rings. The van der Waals surface area contributed by atoms with Crippen molar-refractivity contribution >= 4 is 5.91 Å². The van der Waals surface area contributed by atoms with E-state index in [1.807, 2.05) is 43.9 Å². The molecular weight excluding hydrogens is 250 g/mol. The standard InChI is InChI=1S/C17H25NO2/c1-12-6-4-7-15(10-12)13(2)17(20)18-9-5-8-16(11-18)14(3)19/h4,6-7,10,13-14,16,19H,5,8-9,11H2,1-3H3. The largest absolute Gasteiger partial charge is 0.393 e. The first-order valence-electron chi connectivity index (χ1n) is 7.52. The number of likely N-dealkylation sites (tertiary alicyclic amines) is 1. The number of hydrogen-bond acceptors (Lipinski definition) is 2. The number of aliphatic hydroxyl groups is 1. The number of piperidine rings is 1. The van der Waals surface area contributed by atoms with Crippen molar-refractivity contribution in [1.29, 1.82) is 0 Å². The first-order valence-corrected chi connectivity index (χ1v) is 7.52. The van der Waals surface area contributed by atoms with Crippen LogP contribution in [0, 0.1) is 12.8 Å². The maximum Gasteiger partial charge on any atom is 0.229 e. The van der Waals surface area contributed by atoms with Gasteiger partial charge >= 0.3 is 0 Å². The number of carbonyl (C=O) groups excluding carboxylic acids is 1. The molecule has 2 rings (SSSR count). The average Bonchev–Trinajstić information content (AvgIpc) is 2.45. The summed E-state index contributed by atoms with van der Waals surface area (Å²) in [6.45, 7) is 7.35. The molecular formula is C17H25NO2. The fourth-order valence-electron chi connectivity index (χ4n) is 2.96. The summed E-state index contributed by atoms with van der Waals surface area (Å²) in [5, 5.41) is 9.73. The lowest BCUT2D eigenvalue weighted by Gasteiger charge is -2.35. The molecule has 1 amide bonds. The molecule has 1 N–H and O–H groups in total. The Morgan fingerprint density at radius 3 is 2.80 bits per heavy atom. The Balaban J connectivity index is 2.06. The molecule has 110 valence electrons. The maximum absolute atomic E-state index is 12.6. The van der Waals surface area contributed by atoms with Crippen molar-refractivity contribution in [3.05, 3.63) is 35.4 Å². The molecule has 0 bridgehead atoms. The van der Waals surface area contributed by atoms with Crippen LogP contribution in [0.3, 0.4) is 0 Å². The molecule has 1 aliphatic rings. The van der Waals surface area contributed by atoms with Crippen molar-refractivity contribution < 1.29 is 9.90 Å². The smallest absolute Gasteiger partial charge is 0.229 e. The summed E-state index contributed by atoms with van der Waals surface area (Å²) in [5.74, 6) is 0.293. The molecule has 3 atom stereocenters. The summed E-state index contributed by atoms with van der Waals surface area (Å²) in [6.07, 6.45) is 1.67. The van der Waals surface area contributed by atoms with E-state index in [4.69, 9.17) is 0 Å². The van der Waals surface area contributed by atoms with Crippen LogP contribution in [0.15, 0.2) is 24.3 Å². The van der Waals surface area contributed by atoms with Gasteiger partial charge in [0.1, 0.15) is 0 Å². The number of hydrogen-bond donors (Lipinski definition) is 1. The van der Waals surface area contributed by atoms with Gasteiger partial charge in [-0.2, -0.15) is 0 Å². The number of rotatable bonds is 3. The minimum atomic E-state index is -0.333. The Kier molecular flexibility index (Phi) is 4.81. The highest BCUT2D eigenvalue weighted by molar-refractivity contribution is 5.83. The maximum atomic E-state index is 12.6. The van der Waals surface area contributed by atoms with Gasteiger partial charge in [-0.25, -0.2) is 0 Å². The highest BCUT2D eigenvalue weighted by atomic mass is 16.3. The average molecular weight is 275 g/mol. The molecule has 0 aromatic heterocycles. The highest BCUT2D eigenvalue weighted by Crippen LogP contribution is 2.24. The zero-order chi connectivity index (χ0) is 14.7. The van der Waals surface area contributed by atoms with E-state index in [2.05, 4.69) is 6.07 Å². The number of amides is 1. The van der Waals surface area contributed by atoms with E-state index in [9.17, 15) is 9.90 Å². The molecule has 1 aliphatic heterocycles. The van der Waals surface area contributed by atoms with Crippen LogP contribution >= 0.6 is 0 Å². The van der Waals surface area contributed by atoms with E-state index in [-0.39, 0.29) is 23.8 Å². The Hall–Kier alpha value is -1.35. The first-order chi connectivity index (χ1) is 9.49. The SMILES string of the molecule is Cc1cccc(C(C)C(=O)N2CCCC(C(C)O)C2)c1. The zero-order valence-corrected chi connectivity index (χ0v) is 12.7. The molecule has 3 unspecified atom stereocenters. The monoisotopic (exact) mass is 275 g/mol. The van der Waals surface area contributed by atoms with Crippen molar-refractivity contribution in [1.82, 2.24) is 4.90 Å². The van der Waals surface area contributed by atoms with Gasteiger partial charge in [0.05, 0.1) is 12.0 Å². The van der Waals surface area contributed by atoms with Crippen molar-refractivity contribution in [2.75, 3.05) is 13.1 Å². The van der Waals surface area contributed by atoms with E-state index in [0.717, 1.165) is 24.9 Å². The number of carbonyl (C=O) groups is 1. The fraction of sp³-hybridized carbons (Fsp3) is 0.588. The summed E-state index contributed by atoms with van der Waals surface area (Å²) < 4.78 is 0. The summed E-state index contributed by atoms with van der Waals surface area (Å²) >= 11 is 0. The number of benzene rings is 1. The number of nitrogens with zero attached hydrogens (tertiary/aromatic N) is 1. The van der Waals surface area contributed by atoms with E-state index in [1.54, 1.807) is 0 Å². The predicted molar refractivity (Wildman–Crippen MR) is 80.6 cm³/mol. The summed E-state index contributed by atoms with van der Waals surface area (Å²) in [7, 11) is 0. The minimum Gasteiger partial charge on any atom is -0.393 e. The quantitative estimate of drug-likeness (QED) is 0.921. The van der Waals surface area contributed by atoms with E-state index < -0.39 is 0 Å². The van der Waals surface area contributed by atoms with Crippen LogP contribution < -0.4 is 0 Å². The van der Waals surface area contributed by atoms with Crippen LogP contribution in [0.5, 0.6) is 0 Å². The van der Waals surface area contributed by atoms with Gasteiger partial charge in [-0.05, 0) is 39.2 Å². The van der Waals surface area contributed by atoms with Crippen LogP contribution in [0.2, 0.25) is 0 Å². The molecule has 0 radical (unpaired) electrons. The summed E-state index contributed by atoms with van der Waals surface area (Å²) in [5.41, 5.74) is 2.26. The van der Waals surface area contributed by atoms with Gasteiger partial charge in [-0.3, -0.25) is 4.79 Å². The normalized spacial score (nSPS) is 22.4. The van der Waals surface area contributed by atoms with Crippen LogP contribution in [0.1, 0.15) is 43.7 Å². The van der Waals surface area contributed by atoms with Crippen molar-refractivity contribution in [3.63, 3.8) is 0 Å². The lowest BCUT2D eigenvalue weighted by atomic mass is 9.91. The Morgan fingerprint density at radius 1 is 1.40 bits per heavy atom. The summed E-state index contributed by atoms with van der Waals surface area (Å²) in [6, 6.07) is 8.15. The topological polar surface area (TPSA) is 40.5 Å². The Bertz CT molecular complexity index is 470. The molecule has 3 nitrogen and oxygen atoms in total. The van der Waals surface area contributed by atoms with Gasteiger partial charge in [-0.1, -0.05) is 29.8 Å². The number of aryl methyl sites for hydroxylation is 1. The second-order valence-corrected chi connectivity index (χ2v) is 6.06. The molecule has 1 aromatic rings. The molecule has 1 saturated heterocycles. The Labute approximate surface area is 121 Å². The van der Waals surface area contributed by atoms with Crippen LogP contribution in [0.4, 0.5) is 0 Å². The van der Waals surface area contributed by atoms with Gasteiger partial charge < -0.3 is 10.0 Å². The molecule has 3 heteroatoms. The van der Waals surface area contributed by atoms with Gasteiger partial charge in [0.2, 0.25) is 5.91 Å². The van der Waals surface area contributed by atoms with Crippen LogP contribution in [-0.4, -0.2) is 35.1 Å². The molecule has 1 aromatic carbocycles. The molecule has 1 heterocycles. The van der Waals surface area contributed by atoms with Gasteiger partial charge in [0, 0.05) is 19.0 Å². The van der Waals surface area contributed by atoms with E-state index in [0.29, 0.717) is 6.54 Å². The number of aliphatic hydroxyl groups excluding tert-OH is 1. The Morgan fingerprint density at radius 2 is 2.15 bits per heavy atom. The molecule has 0 spiro atoms. The fourth-order valence-corrected chi connectivity index (χ4v) is 2.96. The molecule has 20 heavy (non-hydrogen) atoms. The third-order valence-electron chi connectivity index (χ3n) is 4.36. The minimum absolute atomic E-state index is 0.109. The lowest BCUT2D eigenvalue weighted by Crippen LogP contribution is -2.44. The van der Waals surface area contributed by atoms with Crippen molar-refractivity contribution in [2.45, 2.75) is 45.6 Å². The van der Waals surface area contributed by atoms with Gasteiger partial charge in [0.15, 0.2) is 0 Å². The van der Waals surface area contributed by atoms with Crippen molar-refractivity contribution in [2.24, 2.45) is 5.92 Å². The molecule has 0 aliphatic carbocycles. The van der Waals surface area contributed by atoms with E-state index >= 15 is 0 Å². The van der Waals surface area contributed by atoms with Crippen molar-refractivity contribution in [3.8, 4) is 0 Å². The van der Waals surface area contributed by atoms with Crippen LogP contribution in [0.25, 0.3) is 0 Å². The highest BCUT2D eigenvalue weighted by Gasteiger charge is 2.29. The second kappa shape index (κ2) is 6.40. The zero-order valence-electron chi connectivity index (χ0n) is 12.7. The van der Waals surface area contributed by atoms with Gasteiger partial charge in [0.25, 0.3) is 0 Å². The third kappa shape index (κ3) is 3.40. The first kappa shape index (κ1) is 15.0. The predicted octanol–water partition coefficient (Wildman–Crippen LogP) is 2.72. The molecule has 0 saturated carbocycles. The third-order valence-corrected chi connectivity index (χ3v) is 4.36. The summed E-state index contributed by atoms with van der Waals surface area (Å²) in [4.78, 5) is 14.5. The van der Waals surface area contributed by atoms with Gasteiger partial charge in [-0.15, -0.1) is 0 Å². The van der Waals surface area contributed by atoms with Crippen LogP contribution in [-0.2, 0) is 4.79 Å².